The summed E-state index contributed by atoms with van der Waals surface area (Å²) in [5.41, 5.74) is 11.6. The van der Waals surface area contributed by atoms with E-state index in [1.807, 2.05) is 0 Å². The molecule has 0 aromatic rings. The SMILES string of the molecule is CCCCCCCN(CCC(C)(C)OCCC(C)(C)N)CCC(C)(C)OCCC(C)(C)N. The van der Waals surface area contributed by atoms with Crippen LogP contribution in [0.25, 0.3) is 0 Å². The number of ether oxygens (including phenoxy) is 2. The van der Waals surface area contributed by atoms with Gasteiger partial charge in [0.1, 0.15) is 0 Å². The van der Waals surface area contributed by atoms with Crippen molar-refractivity contribution in [2.45, 2.75) is 142 Å². The first-order valence-corrected chi connectivity index (χ1v) is 13.1. The molecule has 0 rings (SSSR count). The van der Waals surface area contributed by atoms with Gasteiger partial charge >= 0.3 is 0 Å². The van der Waals surface area contributed by atoms with Gasteiger partial charge in [0, 0.05) is 37.4 Å². The van der Waals surface area contributed by atoms with Gasteiger partial charge in [-0.15, -0.1) is 0 Å². The van der Waals surface area contributed by atoms with Gasteiger partial charge in [-0.25, -0.2) is 0 Å². The Morgan fingerprint density at radius 1 is 0.562 bits per heavy atom. The van der Waals surface area contributed by atoms with Gasteiger partial charge in [0.25, 0.3) is 0 Å². The molecule has 0 radical (unpaired) electrons. The molecule has 0 saturated heterocycles. The summed E-state index contributed by atoms with van der Waals surface area (Å²) in [6.07, 6.45) is 10.4. The van der Waals surface area contributed by atoms with Crippen molar-refractivity contribution in [3.63, 3.8) is 0 Å². The molecule has 5 heteroatoms. The van der Waals surface area contributed by atoms with E-state index in [-0.39, 0.29) is 22.3 Å². The van der Waals surface area contributed by atoms with Crippen molar-refractivity contribution in [3.8, 4) is 0 Å². The number of hydrogen-bond acceptors (Lipinski definition) is 5. The lowest BCUT2D eigenvalue weighted by atomic mass is 10.0. The van der Waals surface area contributed by atoms with E-state index in [1.54, 1.807) is 0 Å². The first-order chi connectivity index (χ1) is 14.6. The molecule has 0 heterocycles. The van der Waals surface area contributed by atoms with E-state index in [1.165, 1.54) is 32.1 Å². The predicted molar refractivity (Wildman–Crippen MR) is 140 cm³/mol. The summed E-state index contributed by atoms with van der Waals surface area (Å²) in [4.78, 5) is 2.61. The van der Waals surface area contributed by atoms with E-state index in [0.717, 1.165) is 45.3 Å². The molecule has 0 aromatic carbocycles. The molecule has 0 aliphatic heterocycles. The fourth-order valence-electron chi connectivity index (χ4n) is 3.45. The van der Waals surface area contributed by atoms with Crippen LogP contribution in [0.3, 0.4) is 0 Å². The lowest BCUT2D eigenvalue weighted by Gasteiger charge is -2.33. The van der Waals surface area contributed by atoms with Crippen LogP contribution in [-0.4, -0.2) is 60.0 Å². The second kappa shape index (κ2) is 14.9. The third-order valence-corrected chi connectivity index (χ3v) is 6.12. The van der Waals surface area contributed by atoms with E-state index in [2.05, 4.69) is 67.2 Å². The number of unbranched alkanes of at least 4 members (excludes halogenated alkanes) is 4. The summed E-state index contributed by atoms with van der Waals surface area (Å²) in [5.74, 6) is 0. The highest BCUT2D eigenvalue weighted by molar-refractivity contribution is 4.78. The van der Waals surface area contributed by atoms with E-state index in [9.17, 15) is 0 Å². The topological polar surface area (TPSA) is 73.7 Å². The minimum absolute atomic E-state index is 0.134. The zero-order valence-corrected chi connectivity index (χ0v) is 23.3. The third kappa shape index (κ3) is 20.4. The largest absolute Gasteiger partial charge is 0.375 e. The molecule has 4 N–H and O–H groups in total. The molecule has 0 bridgehead atoms. The predicted octanol–water partition coefficient (Wildman–Crippen LogP) is 5.88. The second-order valence-electron chi connectivity index (χ2n) is 12.4. The number of hydrogen-bond donors (Lipinski definition) is 2. The zero-order valence-electron chi connectivity index (χ0n) is 23.3. The Balaban J connectivity index is 4.64. The molecule has 194 valence electrons. The first-order valence-electron chi connectivity index (χ1n) is 13.1. The zero-order chi connectivity index (χ0) is 24.9. The van der Waals surface area contributed by atoms with Gasteiger partial charge < -0.3 is 25.8 Å². The number of nitrogens with zero attached hydrogens (tertiary/aromatic N) is 1. The Morgan fingerprint density at radius 2 is 0.969 bits per heavy atom. The van der Waals surface area contributed by atoms with Gasteiger partial charge in [-0.3, -0.25) is 0 Å². The van der Waals surface area contributed by atoms with Gasteiger partial charge in [-0.05, 0) is 94.0 Å². The van der Waals surface area contributed by atoms with Gasteiger partial charge in [-0.1, -0.05) is 32.6 Å². The van der Waals surface area contributed by atoms with Crippen molar-refractivity contribution < 1.29 is 9.47 Å². The molecule has 0 spiro atoms. The van der Waals surface area contributed by atoms with E-state index in [4.69, 9.17) is 20.9 Å². The van der Waals surface area contributed by atoms with Crippen LogP contribution >= 0.6 is 0 Å². The average molecular weight is 458 g/mol. The molecule has 0 aliphatic carbocycles. The van der Waals surface area contributed by atoms with Crippen molar-refractivity contribution >= 4 is 0 Å². The van der Waals surface area contributed by atoms with Crippen LogP contribution in [0.4, 0.5) is 0 Å². The normalized spacial score (nSPS) is 13.9. The molecule has 0 aromatic heterocycles. The van der Waals surface area contributed by atoms with Crippen molar-refractivity contribution in [1.29, 1.82) is 0 Å². The number of nitrogens with two attached hydrogens (primary N) is 2. The molecule has 5 nitrogen and oxygen atoms in total. The molecule has 32 heavy (non-hydrogen) atoms. The molecule has 0 amide bonds. The summed E-state index contributed by atoms with van der Waals surface area (Å²) < 4.78 is 12.4. The van der Waals surface area contributed by atoms with E-state index < -0.39 is 0 Å². The lowest BCUT2D eigenvalue weighted by molar-refractivity contribution is -0.0433. The summed E-state index contributed by atoms with van der Waals surface area (Å²) >= 11 is 0. The highest BCUT2D eigenvalue weighted by atomic mass is 16.5. The fourth-order valence-corrected chi connectivity index (χ4v) is 3.45. The maximum atomic E-state index is 6.20. The Hall–Kier alpha value is -0.200. The molecule has 0 unspecified atom stereocenters. The highest BCUT2D eigenvalue weighted by Gasteiger charge is 2.24. The fraction of sp³-hybridized carbons (Fsp3) is 1.00. The second-order valence-corrected chi connectivity index (χ2v) is 12.4. The molecular weight excluding hydrogens is 398 g/mol. The van der Waals surface area contributed by atoms with Crippen LogP contribution in [-0.2, 0) is 9.47 Å². The minimum atomic E-state index is -0.175. The van der Waals surface area contributed by atoms with Crippen molar-refractivity contribution in [1.82, 2.24) is 4.90 Å². The molecule has 0 saturated carbocycles. The van der Waals surface area contributed by atoms with Gasteiger partial charge in [0.05, 0.1) is 11.2 Å². The van der Waals surface area contributed by atoms with Crippen LogP contribution in [0.5, 0.6) is 0 Å². The Labute approximate surface area is 201 Å². The monoisotopic (exact) mass is 457 g/mol. The van der Waals surface area contributed by atoms with Gasteiger partial charge in [0.2, 0.25) is 0 Å². The Kier molecular flexibility index (Phi) is 14.8. The summed E-state index contributed by atoms with van der Waals surface area (Å²) in [6, 6.07) is 0. The third-order valence-electron chi connectivity index (χ3n) is 6.12. The quantitative estimate of drug-likeness (QED) is 0.223. The Morgan fingerprint density at radius 3 is 1.34 bits per heavy atom. The highest BCUT2D eigenvalue weighted by Crippen LogP contribution is 2.20. The van der Waals surface area contributed by atoms with Crippen molar-refractivity contribution in [3.05, 3.63) is 0 Å². The van der Waals surface area contributed by atoms with Crippen molar-refractivity contribution in [2.24, 2.45) is 11.5 Å². The molecule has 0 aliphatic rings. The smallest absolute Gasteiger partial charge is 0.0638 e. The first kappa shape index (κ1) is 31.8. The van der Waals surface area contributed by atoms with Crippen LogP contribution in [0.1, 0.15) is 120 Å². The lowest BCUT2D eigenvalue weighted by Crippen LogP contribution is -2.39. The maximum absolute atomic E-state index is 6.20. The number of rotatable bonds is 20. The summed E-state index contributed by atoms with van der Waals surface area (Å²) in [5, 5.41) is 0. The van der Waals surface area contributed by atoms with Gasteiger partial charge in [-0.2, -0.15) is 0 Å². The maximum Gasteiger partial charge on any atom is 0.0638 e. The Bertz CT molecular complexity index is 429. The standard InChI is InChI=1S/C27H59N3O2/c1-10-11-12-13-14-19-30(20-15-26(6,7)31-22-17-24(2,3)28)21-16-27(8,9)32-23-18-25(4,5)29/h10-23,28-29H2,1-9H3. The van der Waals surface area contributed by atoms with Crippen LogP contribution in [0.2, 0.25) is 0 Å². The molecule has 0 fully saturated rings. The van der Waals surface area contributed by atoms with Crippen molar-refractivity contribution in [2.75, 3.05) is 32.8 Å². The van der Waals surface area contributed by atoms with E-state index >= 15 is 0 Å². The summed E-state index contributed by atoms with van der Waals surface area (Å²) in [6.45, 7) is 24.0. The van der Waals surface area contributed by atoms with Crippen LogP contribution in [0.15, 0.2) is 0 Å². The van der Waals surface area contributed by atoms with E-state index in [0.29, 0.717) is 13.2 Å². The molecule has 0 atom stereocenters. The summed E-state index contributed by atoms with van der Waals surface area (Å²) in [7, 11) is 0. The molecular formula is C27H59N3O2. The van der Waals surface area contributed by atoms with Gasteiger partial charge in [0.15, 0.2) is 0 Å². The minimum Gasteiger partial charge on any atom is -0.375 e. The average Bonchev–Trinajstić information content (AvgIpc) is 2.60. The van der Waals surface area contributed by atoms with Crippen LogP contribution < -0.4 is 11.5 Å². The van der Waals surface area contributed by atoms with Crippen LogP contribution in [0, 0.1) is 0 Å².